The van der Waals surface area contributed by atoms with E-state index in [0.717, 1.165) is 23.9 Å². The van der Waals surface area contributed by atoms with E-state index in [1.807, 2.05) is 0 Å². The lowest BCUT2D eigenvalue weighted by atomic mass is 10.2. The molecule has 3 aromatic rings. The van der Waals surface area contributed by atoms with Crippen LogP contribution in [0.2, 0.25) is 0 Å². The summed E-state index contributed by atoms with van der Waals surface area (Å²) in [5.41, 5.74) is -1.26. The van der Waals surface area contributed by atoms with Crippen LogP contribution in [0.4, 0.5) is 13.2 Å². The Morgan fingerprint density at radius 2 is 1.79 bits per heavy atom. The van der Waals surface area contributed by atoms with Gasteiger partial charge in [0.2, 0.25) is 0 Å². The Kier molecular flexibility index (Phi) is 4.00. The Balaban J connectivity index is 2.25. The topological polar surface area (TPSA) is 51.0 Å². The summed E-state index contributed by atoms with van der Waals surface area (Å²) in [5.74, 6) is 0. The highest BCUT2D eigenvalue weighted by atomic mass is 32.2. The Morgan fingerprint density at radius 3 is 2.42 bits per heavy atom. The van der Waals surface area contributed by atoms with E-state index in [-0.39, 0.29) is 21.8 Å². The van der Waals surface area contributed by atoms with Crippen molar-refractivity contribution in [2.45, 2.75) is 23.0 Å². The molecule has 0 amide bonds. The molecule has 4 nitrogen and oxygen atoms in total. The van der Waals surface area contributed by atoms with E-state index in [9.17, 15) is 23.3 Å². The number of rotatable bonds is 2. The maximum atomic E-state index is 12.9. The van der Waals surface area contributed by atoms with Gasteiger partial charge >= 0.3 is 11.2 Å². The van der Waals surface area contributed by atoms with Gasteiger partial charge < -0.3 is 9.94 Å². The lowest BCUT2D eigenvalue weighted by Crippen LogP contribution is -2.24. The number of fused-ring (bicyclic) bond motifs is 1. The third kappa shape index (κ3) is 2.84. The van der Waals surface area contributed by atoms with Crippen LogP contribution in [0, 0.1) is 17.0 Å². The summed E-state index contributed by atoms with van der Waals surface area (Å²) >= 11 is 1.03. The van der Waals surface area contributed by atoms with Gasteiger partial charge in [0.1, 0.15) is 5.52 Å². The summed E-state index contributed by atoms with van der Waals surface area (Å²) in [4.78, 5) is 13.3. The summed E-state index contributed by atoms with van der Waals surface area (Å²) < 4.78 is 39.5. The molecule has 0 aliphatic carbocycles. The van der Waals surface area contributed by atoms with E-state index in [2.05, 4.69) is 0 Å². The summed E-state index contributed by atoms with van der Waals surface area (Å²) in [5, 5.41) is 12.4. The van der Waals surface area contributed by atoms with E-state index >= 15 is 0 Å². The molecule has 8 heteroatoms. The van der Waals surface area contributed by atoms with Crippen molar-refractivity contribution in [3.8, 4) is 0 Å². The molecule has 0 N–H and O–H groups in total. The zero-order valence-electron chi connectivity index (χ0n) is 12.4. The molecule has 0 radical (unpaired) electrons. The van der Waals surface area contributed by atoms with Gasteiger partial charge in [-0.1, -0.05) is 18.2 Å². The first kappa shape index (κ1) is 16.4. The average molecular weight is 352 g/mol. The zero-order chi connectivity index (χ0) is 17.5. The number of aromatic nitrogens is 2. The molecule has 3 rings (SSSR count). The minimum absolute atomic E-state index is 0.0445. The van der Waals surface area contributed by atoms with E-state index < -0.39 is 11.7 Å². The smallest absolute Gasteiger partial charge is 0.416 e. The molecule has 0 saturated carbocycles. The molecule has 2 aromatic carbocycles. The van der Waals surface area contributed by atoms with E-state index in [0.29, 0.717) is 20.1 Å². The van der Waals surface area contributed by atoms with Gasteiger partial charge in [-0.05, 0) is 43.0 Å². The second kappa shape index (κ2) is 5.86. The second-order valence-corrected chi connectivity index (χ2v) is 6.16. The minimum Gasteiger partial charge on any atom is -0.805 e. The lowest BCUT2D eigenvalue weighted by molar-refractivity contribution is -0.510. The highest BCUT2D eigenvalue weighted by Gasteiger charge is 2.32. The van der Waals surface area contributed by atoms with Gasteiger partial charge in [0, 0.05) is 15.9 Å². The highest BCUT2D eigenvalue weighted by molar-refractivity contribution is 7.99. The third-order valence-electron chi connectivity index (χ3n) is 3.50. The number of hydrogen-bond acceptors (Lipinski definition) is 3. The van der Waals surface area contributed by atoms with E-state index in [1.54, 1.807) is 30.3 Å². The summed E-state index contributed by atoms with van der Waals surface area (Å²) in [6.07, 6.45) is -4.59. The first-order chi connectivity index (χ1) is 11.3. The molecule has 24 heavy (non-hydrogen) atoms. The molecular weight excluding hydrogens is 341 g/mol. The largest absolute Gasteiger partial charge is 0.805 e. The maximum absolute atomic E-state index is 12.9. The summed E-state index contributed by atoms with van der Waals surface area (Å²) in [6.45, 7) is 1.46. The molecule has 124 valence electrons. The van der Waals surface area contributed by atoms with Crippen LogP contribution in [0.15, 0.2) is 58.5 Å². The fourth-order valence-electron chi connectivity index (χ4n) is 2.27. The molecule has 1 heterocycles. The van der Waals surface area contributed by atoms with Gasteiger partial charge in [-0.2, -0.15) is 13.2 Å². The second-order valence-electron chi connectivity index (χ2n) is 5.10. The zero-order valence-corrected chi connectivity index (χ0v) is 13.2. The molecular formula is C16H11F3N2O2S. The molecule has 0 aliphatic heterocycles. The number of nitrogens with zero attached hydrogens (tertiary/aromatic N) is 2. The lowest BCUT2D eigenvalue weighted by Gasteiger charge is -2.17. The predicted molar refractivity (Wildman–Crippen MR) is 84.4 cm³/mol. The van der Waals surface area contributed by atoms with Gasteiger partial charge in [-0.15, -0.1) is 0 Å². The first-order valence-corrected chi connectivity index (χ1v) is 7.70. The number of halogens is 3. The van der Waals surface area contributed by atoms with Crippen LogP contribution >= 0.6 is 11.8 Å². The van der Waals surface area contributed by atoms with Crippen molar-refractivity contribution in [2.24, 2.45) is 0 Å². The van der Waals surface area contributed by atoms with Gasteiger partial charge in [0.25, 0.3) is 5.52 Å². The molecule has 0 aliphatic rings. The van der Waals surface area contributed by atoms with E-state index in [4.69, 9.17) is 0 Å². The first-order valence-electron chi connectivity index (χ1n) is 6.88. The van der Waals surface area contributed by atoms with Crippen LogP contribution in [0.5, 0.6) is 0 Å². The van der Waals surface area contributed by atoms with Crippen molar-refractivity contribution in [3.05, 3.63) is 69.9 Å². The van der Waals surface area contributed by atoms with Gasteiger partial charge in [-0.25, -0.2) is 0 Å². The Labute approximate surface area is 138 Å². The third-order valence-corrected chi connectivity index (χ3v) is 4.66. The normalized spacial score (nSPS) is 11.8. The molecule has 0 spiro atoms. The Morgan fingerprint density at radius 1 is 1.12 bits per heavy atom. The van der Waals surface area contributed by atoms with Crippen LogP contribution in [0.3, 0.4) is 0 Å². The molecule has 1 aromatic heterocycles. The quantitative estimate of drug-likeness (QED) is 0.643. The number of benzene rings is 2. The van der Waals surface area contributed by atoms with Crippen LogP contribution in [-0.2, 0) is 6.18 Å². The fourth-order valence-corrected chi connectivity index (χ4v) is 3.20. The SMILES string of the molecule is Cc1c(Sc2ccccc2)[n+](=O)c2cc(C(F)(F)F)ccc2n1[O-]. The van der Waals surface area contributed by atoms with Crippen LogP contribution in [0.1, 0.15) is 11.3 Å². The molecule has 0 atom stereocenters. The van der Waals surface area contributed by atoms with Crippen molar-refractivity contribution in [1.29, 1.82) is 0 Å². The molecule has 0 saturated heterocycles. The monoisotopic (exact) mass is 352 g/mol. The summed E-state index contributed by atoms with van der Waals surface area (Å²) in [7, 11) is 0. The van der Waals surface area contributed by atoms with Crippen LogP contribution in [0.25, 0.3) is 11.0 Å². The van der Waals surface area contributed by atoms with Gasteiger partial charge in [0.15, 0.2) is 0 Å². The maximum Gasteiger partial charge on any atom is 0.416 e. The van der Waals surface area contributed by atoms with Crippen molar-refractivity contribution < 1.29 is 17.6 Å². The highest BCUT2D eigenvalue weighted by Crippen LogP contribution is 2.32. The Hall–Kier alpha value is -2.48. The van der Waals surface area contributed by atoms with Gasteiger partial charge in [-0.3, -0.25) is 0 Å². The van der Waals surface area contributed by atoms with E-state index in [1.165, 1.54) is 6.92 Å². The standard InChI is InChI=1S/C16H11F3N2O2S/c1-10-15(24-12-5-3-2-4-6-12)21(23)14-9-11(16(17,18)19)7-8-13(14)20(10)22/h2-9H,1H3. The van der Waals surface area contributed by atoms with Crippen molar-refractivity contribution >= 4 is 22.8 Å². The van der Waals surface area contributed by atoms with Crippen molar-refractivity contribution in [2.75, 3.05) is 0 Å². The van der Waals surface area contributed by atoms with Crippen LogP contribution < -0.4 is 4.43 Å². The number of alkyl halides is 3. The minimum atomic E-state index is -4.59. The van der Waals surface area contributed by atoms with Gasteiger partial charge in [0.05, 0.1) is 15.7 Å². The molecule has 0 fully saturated rings. The van der Waals surface area contributed by atoms with Crippen molar-refractivity contribution in [1.82, 2.24) is 4.73 Å². The Bertz CT molecular complexity index is 969. The molecule has 0 unspecified atom stereocenters. The number of hydrogen-bond donors (Lipinski definition) is 0. The average Bonchev–Trinajstić information content (AvgIpc) is 2.56. The fraction of sp³-hybridized carbons (Fsp3) is 0.125. The molecule has 0 bridgehead atoms. The van der Waals surface area contributed by atoms with Crippen LogP contribution in [-0.4, -0.2) is 4.73 Å². The predicted octanol–water partition coefficient (Wildman–Crippen LogP) is 4.38. The van der Waals surface area contributed by atoms with Crippen molar-refractivity contribution in [3.63, 3.8) is 0 Å². The summed E-state index contributed by atoms with van der Waals surface area (Å²) in [6, 6.07) is 11.3.